The highest BCUT2D eigenvalue weighted by Gasteiger charge is 2.04. The van der Waals surface area contributed by atoms with Crippen LogP contribution in [0.5, 0.6) is 0 Å². The van der Waals surface area contributed by atoms with Gasteiger partial charge in [-0.05, 0) is 37.1 Å². The molecule has 0 amide bonds. The van der Waals surface area contributed by atoms with Crippen LogP contribution in [-0.4, -0.2) is 4.98 Å². The summed E-state index contributed by atoms with van der Waals surface area (Å²) in [6, 6.07) is 4.33. The van der Waals surface area contributed by atoms with E-state index in [0.717, 1.165) is 22.0 Å². The predicted octanol–water partition coefficient (Wildman–Crippen LogP) is 2.28. The smallest absolute Gasteiger partial charge is 0.248 e. The molecule has 0 atom stereocenters. The van der Waals surface area contributed by atoms with E-state index in [1.165, 1.54) is 18.2 Å². The highest BCUT2D eigenvalue weighted by molar-refractivity contribution is 5.84. The quantitative estimate of drug-likeness (QED) is 0.680. The lowest BCUT2D eigenvalue weighted by Gasteiger charge is -2.04. The topological polar surface area (TPSA) is 32.9 Å². The SMILES string of the molecule is Cc1cc(=O)[nH]c2c(C)cc(F)cc12. The molecular weight excluding hydrogens is 181 g/mol. The lowest BCUT2D eigenvalue weighted by atomic mass is 10.1. The normalized spacial score (nSPS) is 10.8. The standard InChI is InChI=1S/C11H10FNO/c1-6-4-10(14)13-11-7(2)3-8(12)5-9(6)11/h3-5H,1-2H3,(H,13,14). The van der Waals surface area contributed by atoms with Gasteiger partial charge in [0.25, 0.3) is 0 Å². The van der Waals surface area contributed by atoms with E-state index in [0.29, 0.717) is 0 Å². The highest BCUT2D eigenvalue weighted by atomic mass is 19.1. The summed E-state index contributed by atoms with van der Waals surface area (Å²) in [6.07, 6.45) is 0. The van der Waals surface area contributed by atoms with Crippen molar-refractivity contribution in [3.63, 3.8) is 0 Å². The molecule has 14 heavy (non-hydrogen) atoms. The van der Waals surface area contributed by atoms with Crippen LogP contribution in [0.1, 0.15) is 11.1 Å². The molecule has 0 unspecified atom stereocenters. The van der Waals surface area contributed by atoms with Gasteiger partial charge in [-0.25, -0.2) is 4.39 Å². The number of hydrogen-bond acceptors (Lipinski definition) is 1. The summed E-state index contributed by atoms with van der Waals surface area (Å²) in [5.74, 6) is -0.273. The zero-order chi connectivity index (χ0) is 10.3. The summed E-state index contributed by atoms with van der Waals surface area (Å²) in [5, 5.41) is 0.766. The van der Waals surface area contributed by atoms with Gasteiger partial charge in [-0.3, -0.25) is 4.79 Å². The Morgan fingerprint density at radius 3 is 2.57 bits per heavy atom. The molecule has 1 N–H and O–H groups in total. The second-order valence-corrected chi connectivity index (χ2v) is 3.46. The molecule has 2 rings (SSSR count). The first-order valence-corrected chi connectivity index (χ1v) is 4.38. The minimum Gasteiger partial charge on any atom is -0.322 e. The van der Waals surface area contributed by atoms with E-state index in [4.69, 9.17) is 0 Å². The Bertz CT molecular complexity index is 557. The van der Waals surface area contributed by atoms with E-state index in [1.54, 1.807) is 13.8 Å². The lowest BCUT2D eigenvalue weighted by molar-refractivity contribution is 0.628. The van der Waals surface area contributed by atoms with Gasteiger partial charge in [0.1, 0.15) is 5.82 Å². The molecule has 0 spiro atoms. The summed E-state index contributed by atoms with van der Waals surface area (Å²) in [6.45, 7) is 3.58. The summed E-state index contributed by atoms with van der Waals surface area (Å²) < 4.78 is 13.1. The Labute approximate surface area is 80.4 Å². The molecule has 0 radical (unpaired) electrons. The number of rotatable bonds is 0. The third kappa shape index (κ3) is 1.31. The number of H-pyrrole nitrogens is 1. The monoisotopic (exact) mass is 191 g/mol. The van der Waals surface area contributed by atoms with Crippen molar-refractivity contribution in [3.05, 3.63) is 45.5 Å². The molecule has 0 bridgehead atoms. The third-order valence-electron chi connectivity index (χ3n) is 2.32. The van der Waals surface area contributed by atoms with Crippen LogP contribution >= 0.6 is 0 Å². The summed E-state index contributed by atoms with van der Waals surface area (Å²) in [4.78, 5) is 13.9. The number of fused-ring (bicyclic) bond motifs is 1. The molecule has 2 nitrogen and oxygen atoms in total. The number of halogens is 1. The van der Waals surface area contributed by atoms with E-state index >= 15 is 0 Å². The average Bonchev–Trinajstić information content (AvgIpc) is 2.07. The average molecular weight is 191 g/mol. The molecule has 0 saturated heterocycles. The third-order valence-corrected chi connectivity index (χ3v) is 2.32. The Kier molecular flexibility index (Phi) is 1.88. The van der Waals surface area contributed by atoms with Crippen LogP contribution < -0.4 is 5.56 Å². The number of aromatic nitrogens is 1. The number of pyridine rings is 1. The molecule has 0 saturated carbocycles. The molecule has 0 fully saturated rings. The molecule has 0 aliphatic rings. The molecule has 72 valence electrons. The van der Waals surface area contributed by atoms with Crippen molar-refractivity contribution in [1.82, 2.24) is 4.98 Å². The van der Waals surface area contributed by atoms with Gasteiger partial charge in [-0.1, -0.05) is 0 Å². The zero-order valence-electron chi connectivity index (χ0n) is 8.02. The molecule has 3 heteroatoms. The lowest BCUT2D eigenvalue weighted by Crippen LogP contribution is -2.06. The van der Waals surface area contributed by atoms with Crippen molar-refractivity contribution in [2.24, 2.45) is 0 Å². The van der Waals surface area contributed by atoms with E-state index in [1.807, 2.05) is 0 Å². The molecule has 1 aromatic heterocycles. The fourth-order valence-corrected chi connectivity index (χ4v) is 1.65. The summed E-state index contributed by atoms with van der Waals surface area (Å²) in [7, 11) is 0. The van der Waals surface area contributed by atoms with Crippen LogP contribution in [0, 0.1) is 19.7 Å². The molecule has 0 aliphatic heterocycles. The Hall–Kier alpha value is -1.64. The van der Waals surface area contributed by atoms with E-state index in [2.05, 4.69) is 4.98 Å². The number of aryl methyl sites for hydroxylation is 2. The van der Waals surface area contributed by atoms with Crippen LogP contribution in [0.15, 0.2) is 23.0 Å². The number of nitrogens with one attached hydrogen (secondary N) is 1. The number of aromatic amines is 1. The zero-order valence-corrected chi connectivity index (χ0v) is 8.02. The minimum atomic E-state index is -0.273. The van der Waals surface area contributed by atoms with Crippen molar-refractivity contribution in [3.8, 4) is 0 Å². The molecular formula is C11H10FNO. The van der Waals surface area contributed by atoms with Crippen molar-refractivity contribution in [2.45, 2.75) is 13.8 Å². The van der Waals surface area contributed by atoms with Gasteiger partial charge in [0.05, 0.1) is 5.52 Å². The van der Waals surface area contributed by atoms with Crippen LogP contribution in [0.4, 0.5) is 4.39 Å². The van der Waals surface area contributed by atoms with Gasteiger partial charge in [0.15, 0.2) is 0 Å². The van der Waals surface area contributed by atoms with Gasteiger partial charge in [-0.15, -0.1) is 0 Å². The van der Waals surface area contributed by atoms with Crippen LogP contribution in [0.25, 0.3) is 10.9 Å². The van der Waals surface area contributed by atoms with E-state index < -0.39 is 0 Å². The molecule has 2 aromatic rings. The van der Waals surface area contributed by atoms with E-state index in [-0.39, 0.29) is 11.4 Å². The molecule has 1 heterocycles. The van der Waals surface area contributed by atoms with Gasteiger partial charge in [-0.2, -0.15) is 0 Å². The van der Waals surface area contributed by atoms with E-state index in [9.17, 15) is 9.18 Å². The van der Waals surface area contributed by atoms with Gasteiger partial charge < -0.3 is 4.98 Å². The Balaban J connectivity index is 3.01. The van der Waals surface area contributed by atoms with Crippen LogP contribution in [-0.2, 0) is 0 Å². The van der Waals surface area contributed by atoms with Crippen molar-refractivity contribution < 1.29 is 4.39 Å². The van der Waals surface area contributed by atoms with Gasteiger partial charge in [0, 0.05) is 11.5 Å². The highest BCUT2D eigenvalue weighted by Crippen LogP contribution is 2.19. The van der Waals surface area contributed by atoms with Crippen molar-refractivity contribution >= 4 is 10.9 Å². The van der Waals surface area contributed by atoms with Crippen LogP contribution in [0.3, 0.4) is 0 Å². The van der Waals surface area contributed by atoms with Crippen molar-refractivity contribution in [2.75, 3.05) is 0 Å². The second-order valence-electron chi connectivity index (χ2n) is 3.46. The van der Waals surface area contributed by atoms with Gasteiger partial charge in [0.2, 0.25) is 5.56 Å². The number of benzene rings is 1. The first kappa shape index (κ1) is 8.94. The minimum absolute atomic E-state index is 0.148. The van der Waals surface area contributed by atoms with Gasteiger partial charge >= 0.3 is 0 Å². The fraction of sp³-hybridized carbons (Fsp3) is 0.182. The predicted molar refractivity (Wildman–Crippen MR) is 54.0 cm³/mol. The van der Waals surface area contributed by atoms with Crippen molar-refractivity contribution in [1.29, 1.82) is 0 Å². The first-order valence-electron chi connectivity index (χ1n) is 4.38. The molecule has 1 aromatic carbocycles. The molecule has 0 aliphatic carbocycles. The Morgan fingerprint density at radius 2 is 1.86 bits per heavy atom. The maximum Gasteiger partial charge on any atom is 0.248 e. The second kappa shape index (κ2) is 2.94. The number of hydrogen-bond donors (Lipinski definition) is 1. The maximum absolute atomic E-state index is 13.1. The largest absolute Gasteiger partial charge is 0.322 e. The first-order chi connectivity index (χ1) is 6.58. The Morgan fingerprint density at radius 1 is 1.14 bits per heavy atom. The van der Waals surface area contributed by atoms with Crippen LogP contribution in [0.2, 0.25) is 0 Å². The maximum atomic E-state index is 13.1. The summed E-state index contributed by atoms with van der Waals surface area (Å²) in [5.41, 5.74) is 2.12. The summed E-state index contributed by atoms with van der Waals surface area (Å²) >= 11 is 0. The fourth-order valence-electron chi connectivity index (χ4n) is 1.65.